The third-order valence-corrected chi connectivity index (χ3v) is 6.32. The largest absolute Gasteiger partial charge is 0.609 e. The van der Waals surface area contributed by atoms with Crippen molar-refractivity contribution in [3.63, 3.8) is 0 Å². The number of aromatic nitrogens is 3. The van der Waals surface area contributed by atoms with Crippen molar-refractivity contribution >= 4 is 51.8 Å². The van der Waals surface area contributed by atoms with E-state index < -0.39 is 11.2 Å². The quantitative estimate of drug-likeness (QED) is 0.502. The predicted octanol–water partition coefficient (Wildman–Crippen LogP) is 2.56. The van der Waals surface area contributed by atoms with E-state index in [1.165, 1.54) is 0 Å². The Labute approximate surface area is 194 Å². The monoisotopic (exact) mass is 422 g/mol. The average molecular weight is 422 g/mol. The van der Waals surface area contributed by atoms with E-state index in [0.717, 1.165) is 30.3 Å². The topological polar surface area (TPSA) is 92.3 Å². The third kappa shape index (κ3) is 4.64. The van der Waals surface area contributed by atoms with Crippen LogP contribution >= 0.6 is 0 Å². The van der Waals surface area contributed by atoms with Gasteiger partial charge in [0, 0.05) is 65.8 Å². The summed E-state index contributed by atoms with van der Waals surface area (Å²) in [5.74, 6) is 0.582. The summed E-state index contributed by atoms with van der Waals surface area (Å²) < 4.78 is 30.4. The Hall–Kier alpha value is -1.13. The first-order valence-electron chi connectivity index (χ1n) is 9.42. The van der Waals surface area contributed by atoms with Crippen LogP contribution in [-0.2, 0) is 26.4 Å². The summed E-state index contributed by atoms with van der Waals surface area (Å²) in [4.78, 5) is 11.8. The molecule has 0 amide bonds. The summed E-state index contributed by atoms with van der Waals surface area (Å²) in [6.45, 7) is 1.03. The zero-order valence-electron chi connectivity index (χ0n) is 16.3. The molecule has 1 unspecified atom stereocenters. The van der Waals surface area contributed by atoms with Gasteiger partial charge in [-0.3, -0.25) is 9.97 Å². The van der Waals surface area contributed by atoms with E-state index in [1.54, 1.807) is 12.3 Å². The maximum Gasteiger partial charge on any atom is 0.322 e. The zero-order valence-corrected chi connectivity index (χ0v) is 19.1. The van der Waals surface area contributed by atoms with Crippen molar-refractivity contribution in [3.8, 4) is 5.75 Å². The minimum Gasteiger partial charge on any atom is -0.609 e. The molecule has 3 aromatic rings. The van der Waals surface area contributed by atoms with Crippen molar-refractivity contribution in [2.75, 3.05) is 13.2 Å². The van der Waals surface area contributed by atoms with Gasteiger partial charge in [0.15, 0.2) is 11.5 Å². The maximum atomic E-state index is 12.7. The van der Waals surface area contributed by atoms with E-state index in [2.05, 4.69) is 15.0 Å². The summed E-state index contributed by atoms with van der Waals surface area (Å²) >= 11 is -1.32. The van der Waals surface area contributed by atoms with Crippen LogP contribution < -0.4 is 4.74 Å². The minimum absolute atomic E-state index is 0. The maximum absolute atomic E-state index is 12.7. The smallest absolute Gasteiger partial charge is 0.322 e. The van der Waals surface area contributed by atoms with Gasteiger partial charge in [-0.15, -0.1) is 0 Å². The van der Waals surface area contributed by atoms with Crippen molar-refractivity contribution in [3.05, 3.63) is 48.3 Å². The Kier molecular flexibility index (Phi) is 6.50. The Balaban J connectivity index is 0.00000205. The van der Waals surface area contributed by atoms with Crippen molar-refractivity contribution < 1.29 is 18.8 Å². The molecule has 1 radical (unpaired) electrons. The number of nitrogens with one attached hydrogen (secondary N) is 1. The van der Waals surface area contributed by atoms with Crippen LogP contribution in [0.25, 0.3) is 11.0 Å². The number of pyridine rings is 1. The Morgan fingerprint density at radius 3 is 2.72 bits per heavy atom. The molecule has 5 rings (SSSR count). The molecule has 1 N–H and O–H groups in total. The molecule has 147 valence electrons. The summed E-state index contributed by atoms with van der Waals surface area (Å²) in [6.07, 6.45) is 4.60. The van der Waals surface area contributed by atoms with E-state index in [0.29, 0.717) is 29.8 Å². The van der Waals surface area contributed by atoms with Crippen LogP contribution in [-0.4, -0.2) is 74.2 Å². The standard InChI is InChI=1S/C20H21N3O4S.Na/c24-28(19-22-17-4-1-2-5-18(17)23-19)13-14-10-15(6-9-21-14)27-16-11-25-20(26-12-16)7-3-8-20;/h1-2,4-6,9-10,16H,3,7-8,11-13H2,(H,22,23);. The molecule has 1 aromatic carbocycles. The van der Waals surface area contributed by atoms with Crippen LogP contribution in [0.5, 0.6) is 5.75 Å². The molecule has 2 aromatic heterocycles. The second-order valence-electron chi connectivity index (χ2n) is 7.16. The van der Waals surface area contributed by atoms with Gasteiger partial charge in [-0.05, 0) is 24.6 Å². The molecule has 1 spiro atoms. The molecular weight excluding hydrogens is 401 g/mol. The van der Waals surface area contributed by atoms with Crippen LogP contribution in [0.3, 0.4) is 0 Å². The number of benzene rings is 1. The molecule has 1 saturated carbocycles. The van der Waals surface area contributed by atoms with Crippen molar-refractivity contribution in [1.82, 2.24) is 15.0 Å². The van der Waals surface area contributed by atoms with Crippen LogP contribution in [0.2, 0.25) is 0 Å². The van der Waals surface area contributed by atoms with Gasteiger partial charge in [0.05, 0.1) is 29.9 Å². The number of hydrogen-bond acceptors (Lipinski definition) is 6. The fourth-order valence-electron chi connectivity index (χ4n) is 3.44. The minimum atomic E-state index is -1.32. The Bertz CT molecular complexity index is 938. The van der Waals surface area contributed by atoms with Crippen LogP contribution in [0.1, 0.15) is 25.0 Å². The molecule has 2 aliphatic rings. The van der Waals surface area contributed by atoms with E-state index in [1.807, 2.05) is 30.3 Å². The molecule has 1 saturated heterocycles. The van der Waals surface area contributed by atoms with Gasteiger partial charge in [0.25, 0.3) is 0 Å². The molecule has 29 heavy (non-hydrogen) atoms. The third-order valence-electron chi connectivity index (χ3n) is 5.13. The number of H-pyrrole nitrogens is 1. The van der Waals surface area contributed by atoms with E-state index in [9.17, 15) is 4.55 Å². The second-order valence-corrected chi connectivity index (χ2v) is 8.52. The number of ether oxygens (including phenoxy) is 3. The molecule has 9 heteroatoms. The van der Waals surface area contributed by atoms with Gasteiger partial charge in [-0.2, -0.15) is 4.98 Å². The van der Waals surface area contributed by atoms with Gasteiger partial charge < -0.3 is 18.8 Å². The summed E-state index contributed by atoms with van der Waals surface area (Å²) in [7, 11) is 0. The van der Waals surface area contributed by atoms with E-state index >= 15 is 0 Å². The number of fused-ring (bicyclic) bond motifs is 1. The first-order valence-corrected chi connectivity index (χ1v) is 10.7. The van der Waals surface area contributed by atoms with E-state index in [-0.39, 0.29) is 47.2 Å². The molecule has 7 nitrogen and oxygen atoms in total. The van der Waals surface area contributed by atoms with Gasteiger partial charge in [-0.25, -0.2) is 0 Å². The molecular formula is C20H21N3NaO4S. The first-order chi connectivity index (χ1) is 13.7. The summed E-state index contributed by atoms with van der Waals surface area (Å²) in [5, 5.41) is 0.453. The number of imidazole rings is 1. The molecule has 2 fully saturated rings. The molecule has 1 aliphatic carbocycles. The van der Waals surface area contributed by atoms with Crippen molar-refractivity contribution in [1.29, 1.82) is 0 Å². The molecule has 1 atom stereocenters. The predicted molar refractivity (Wildman–Crippen MR) is 109 cm³/mol. The SMILES string of the molecule is [Na].[O-][S+](Cc1cc(OC2COC3(CCC3)OC2)ccn1)c1nc2ccccc2[nH]1. The number of rotatable bonds is 5. The number of para-hydroxylation sites is 2. The van der Waals surface area contributed by atoms with Crippen LogP contribution in [0, 0.1) is 0 Å². The van der Waals surface area contributed by atoms with Crippen LogP contribution in [0.15, 0.2) is 47.8 Å². The Morgan fingerprint density at radius 2 is 2.00 bits per heavy atom. The Morgan fingerprint density at radius 1 is 1.21 bits per heavy atom. The number of hydrogen-bond donors (Lipinski definition) is 1. The fraction of sp³-hybridized carbons (Fsp3) is 0.400. The average Bonchev–Trinajstić information content (AvgIpc) is 3.12. The summed E-state index contributed by atoms with van der Waals surface area (Å²) in [5.41, 5.74) is 2.36. The number of aromatic amines is 1. The van der Waals surface area contributed by atoms with E-state index in [4.69, 9.17) is 14.2 Å². The van der Waals surface area contributed by atoms with Gasteiger partial charge in [0.1, 0.15) is 11.9 Å². The molecule has 0 bridgehead atoms. The van der Waals surface area contributed by atoms with Gasteiger partial charge in [0.2, 0.25) is 0 Å². The normalized spacial score (nSPS) is 19.5. The number of nitrogens with zero attached hydrogens (tertiary/aromatic N) is 2. The first kappa shape index (κ1) is 21.1. The van der Waals surface area contributed by atoms with Crippen molar-refractivity contribution in [2.45, 2.75) is 42.1 Å². The van der Waals surface area contributed by atoms with Crippen molar-refractivity contribution in [2.24, 2.45) is 0 Å². The summed E-state index contributed by atoms with van der Waals surface area (Å²) in [6, 6.07) is 11.2. The van der Waals surface area contributed by atoms with Crippen LogP contribution in [0.4, 0.5) is 0 Å². The zero-order chi connectivity index (χ0) is 19.0. The second kappa shape index (κ2) is 8.93. The fourth-order valence-corrected chi connectivity index (χ4v) is 4.43. The molecule has 3 heterocycles. The van der Waals surface area contributed by atoms with Gasteiger partial charge >= 0.3 is 5.16 Å². The molecule has 1 aliphatic heterocycles. The van der Waals surface area contributed by atoms with Gasteiger partial charge in [-0.1, -0.05) is 12.1 Å².